The Balaban J connectivity index is 1.30. The fourth-order valence-electron chi connectivity index (χ4n) is 7.93. The second kappa shape index (κ2) is 11.9. The van der Waals surface area contributed by atoms with Gasteiger partial charge in [-0.15, -0.1) is 0 Å². The fourth-order valence-corrected chi connectivity index (χ4v) is 12.7. The number of hydrogen-bond donors (Lipinski definition) is 0. The van der Waals surface area contributed by atoms with Crippen molar-refractivity contribution in [3.8, 4) is 16.8 Å². The monoisotopic (exact) mass is 645 g/mol. The maximum absolute atomic E-state index is 5.15. The van der Waals surface area contributed by atoms with Gasteiger partial charge in [0, 0.05) is 17.7 Å². The zero-order valence-corrected chi connectivity index (χ0v) is 28.4. The maximum Gasteiger partial charge on any atom is 0.179 e. The highest BCUT2D eigenvalue weighted by molar-refractivity contribution is 7.19. The zero-order valence-electron chi connectivity index (χ0n) is 27.4. The number of fused-ring (bicyclic) bond motifs is 2. The first kappa shape index (κ1) is 29.2. The molecule has 0 atom stereocenters. The van der Waals surface area contributed by atoms with Gasteiger partial charge in [0.1, 0.15) is 5.82 Å². The van der Waals surface area contributed by atoms with Crippen molar-refractivity contribution >= 4 is 56.9 Å². The molecule has 0 fully saturated rings. The van der Waals surface area contributed by atoms with Crippen LogP contribution < -0.4 is 25.6 Å². The Hall–Kier alpha value is -5.97. The second-order valence-corrected chi connectivity index (χ2v) is 16.4. The average molecular weight is 646 g/mol. The molecular formula is C45H35N3Si. The highest BCUT2D eigenvalue weighted by Gasteiger charge is 2.41. The minimum Gasteiger partial charge on any atom is -0.306 e. The van der Waals surface area contributed by atoms with Crippen LogP contribution in [0.3, 0.4) is 0 Å². The summed E-state index contributed by atoms with van der Waals surface area (Å²) in [4.78, 5) is 7.58. The number of nitrogens with zero attached hydrogens (tertiary/aromatic N) is 3. The van der Waals surface area contributed by atoms with Gasteiger partial charge in [-0.3, -0.25) is 4.57 Å². The van der Waals surface area contributed by atoms with Crippen molar-refractivity contribution in [1.29, 1.82) is 0 Å². The molecule has 2 heterocycles. The Morgan fingerprint density at radius 3 is 1.53 bits per heavy atom. The van der Waals surface area contributed by atoms with Crippen molar-refractivity contribution < 1.29 is 0 Å². The summed E-state index contributed by atoms with van der Waals surface area (Å²) in [5.74, 6) is 1.08. The number of benzene rings is 7. The van der Waals surface area contributed by atoms with Gasteiger partial charge in [-0.2, -0.15) is 0 Å². The molecule has 0 saturated carbocycles. The van der Waals surface area contributed by atoms with Crippen LogP contribution in [0.4, 0.5) is 17.1 Å². The Kier molecular flexibility index (Phi) is 7.10. The normalized spacial score (nSPS) is 12.2. The lowest BCUT2D eigenvalue weighted by molar-refractivity contribution is 0.900. The van der Waals surface area contributed by atoms with Gasteiger partial charge < -0.3 is 4.90 Å². The van der Waals surface area contributed by atoms with Crippen LogP contribution in [0, 0.1) is 0 Å². The van der Waals surface area contributed by atoms with Gasteiger partial charge in [0.25, 0.3) is 0 Å². The smallest absolute Gasteiger partial charge is 0.179 e. The van der Waals surface area contributed by atoms with Crippen molar-refractivity contribution in [3.05, 3.63) is 188 Å². The van der Waals surface area contributed by atoms with Gasteiger partial charge in [0.2, 0.25) is 0 Å². The van der Waals surface area contributed by atoms with Crippen LogP contribution >= 0.6 is 0 Å². The van der Waals surface area contributed by atoms with E-state index in [4.69, 9.17) is 4.98 Å². The van der Waals surface area contributed by atoms with E-state index in [1.54, 1.807) is 0 Å². The van der Waals surface area contributed by atoms with Crippen LogP contribution in [0.25, 0.3) is 27.8 Å². The molecule has 0 aliphatic carbocycles. The number of aromatic nitrogens is 2. The first-order chi connectivity index (χ1) is 24.3. The molecule has 0 N–H and O–H groups in total. The highest BCUT2D eigenvalue weighted by atomic mass is 28.3. The summed E-state index contributed by atoms with van der Waals surface area (Å²) in [5, 5.41) is 5.48. The SMILES string of the molecule is CCc1nc2ccc(-c3ccc([Si](c4ccccc4)(c4ccccc4)c4ccccc4)cc3)c3c2n1-c1ccccc1N3c1ccccc1. The van der Waals surface area contributed by atoms with Crippen molar-refractivity contribution in [3.63, 3.8) is 0 Å². The summed E-state index contributed by atoms with van der Waals surface area (Å²) in [6, 6.07) is 66.8. The third-order valence-corrected chi connectivity index (χ3v) is 14.8. The van der Waals surface area contributed by atoms with Gasteiger partial charge in [-0.1, -0.05) is 153 Å². The van der Waals surface area contributed by atoms with E-state index in [1.165, 1.54) is 37.6 Å². The van der Waals surface area contributed by atoms with E-state index in [9.17, 15) is 0 Å². The molecule has 234 valence electrons. The van der Waals surface area contributed by atoms with Crippen LogP contribution in [0.2, 0.25) is 0 Å². The van der Waals surface area contributed by atoms with E-state index in [2.05, 4.69) is 198 Å². The first-order valence-electron chi connectivity index (χ1n) is 17.1. The minimum atomic E-state index is -2.63. The first-order valence-corrected chi connectivity index (χ1v) is 19.1. The van der Waals surface area contributed by atoms with E-state index in [0.717, 1.165) is 40.3 Å². The standard InChI is InChI=1S/C45H35N3Si/c1-2-43-46-40-32-31-39(44-45(40)48(43)42-26-16-15-25-41(42)47(44)34-17-7-3-8-18-34)33-27-29-38(30-28-33)49(35-19-9-4-10-20-35,36-21-11-5-12-22-36)37-23-13-6-14-24-37/h3-32H,2H2,1H3. The number of anilines is 3. The van der Waals surface area contributed by atoms with Crippen LogP contribution in [0.15, 0.2) is 182 Å². The molecule has 3 nitrogen and oxygen atoms in total. The van der Waals surface area contributed by atoms with Crippen LogP contribution in [0.1, 0.15) is 12.7 Å². The van der Waals surface area contributed by atoms with Crippen molar-refractivity contribution in [2.24, 2.45) is 0 Å². The lowest BCUT2D eigenvalue weighted by Crippen LogP contribution is -2.74. The average Bonchev–Trinajstić information content (AvgIpc) is 3.57. The molecule has 0 spiro atoms. The number of para-hydroxylation sites is 3. The van der Waals surface area contributed by atoms with Crippen molar-refractivity contribution in [1.82, 2.24) is 9.55 Å². The second-order valence-electron chi connectivity index (χ2n) is 12.6. The molecule has 0 bridgehead atoms. The largest absolute Gasteiger partial charge is 0.306 e. The molecule has 8 aromatic rings. The molecular weight excluding hydrogens is 611 g/mol. The van der Waals surface area contributed by atoms with Crippen LogP contribution in [0.5, 0.6) is 0 Å². The van der Waals surface area contributed by atoms with Crippen LogP contribution in [-0.4, -0.2) is 17.6 Å². The predicted octanol–water partition coefficient (Wildman–Crippen LogP) is 8.42. The van der Waals surface area contributed by atoms with E-state index in [1.807, 2.05) is 0 Å². The lowest BCUT2D eigenvalue weighted by Gasteiger charge is -2.35. The Morgan fingerprint density at radius 1 is 0.490 bits per heavy atom. The van der Waals surface area contributed by atoms with E-state index in [0.29, 0.717) is 0 Å². The van der Waals surface area contributed by atoms with Gasteiger partial charge in [0.05, 0.1) is 28.1 Å². The molecule has 1 aromatic heterocycles. The number of rotatable bonds is 7. The van der Waals surface area contributed by atoms with Crippen molar-refractivity contribution in [2.75, 3.05) is 4.90 Å². The minimum absolute atomic E-state index is 0.850. The molecule has 0 radical (unpaired) electrons. The van der Waals surface area contributed by atoms with Gasteiger partial charge in [0.15, 0.2) is 8.07 Å². The third kappa shape index (κ3) is 4.52. The Morgan fingerprint density at radius 2 is 0.980 bits per heavy atom. The summed E-state index contributed by atoms with van der Waals surface area (Å²) in [6.45, 7) is 2.19. The molecule has 49 heavy (non-hydrogen) atoms. The Labute approximate surface area is 288 Å². The summed E-state index contributed by atoms with van der Waals surface area (Å²) >= 11 is 0. The summed E-state index contributed by atoms with van der Waals surface area (Å²) < 4.78 is 2.38. The molecule has 0 amide bonds. The fraction of sp³-hybridized carbons (Fsp3) is 0.0444. The van der Waals surface area contributed by atoms with Crippen LogP contribution in [-0.2, 0) is 6.42 Å². The molecule has 1 aliphatic rings. The Bertz CT molecular complexity index is 2310. The number of imidazole rings is 1. The van der Waals surface area contributed by atoms with Gasteiger partial charge in [-0.25, -0.2) is 4.98 Å². The third-order valence-electron chi connectivity index (χ3n) is 10.0. The maximum atomic E-state index is 5.15. The molecule has 0 saturated heterocycles. The van der Waals surface area contributed by atoms with Gasteiger partial charge >= 0.3 is 0 Å². The summed E-state index contributed by atoms with van der Waals surface area (Å²) in [6.07, 6.45) is 0.850. The van der Waals surface area contributed by atoms with Gasteiger partial charge in [-0.05, 0) is 62.7 Å². The quantitative estimate of drug-likeness (QED) is 0.128. The molecule has 7 aromatic carbocycles. The summed E-state index contributed by atoms with van der Waals surface area (Å²) in [5.41, 5.74) is 9.16. The molecule has 4 heteroatoms. The lowest BCUT2D eigenvalue weighted by atomic mass is 9.98. The topological polar surface area (TPSA) is 21.1 Å². The number of aryl methyl sites for hydroxylation is 1. The van der Waals surface area contributed by atoms with E-state index >= 15 is 0 Å². The van der Waals surface area contributed by atoms with Crippen molar-refractivity contribution in [2.45, 2.75) is 13.3 Å². The summed E-state index contributed by atoms with van der Waals surface area (Å²) in [7, 11) is -2.63. The van der Waals surface area contributed by atoms with E-state index in [-0.39, 0.29) is 0 Å². The highest BCUT2D eigenvalue weighted by Crippen LogP contribution is 2.50. The zero-order chi connectivity index (χ0) is 32.8. The molecule has 9 rings (SSSR count). The van der Waals surface area contributed by atoms with E-state index < -0.39 is 8.07 Å². The number of hydrogen-bond acceptors (Lipinski definition) is 2. The molecule has 1 aliphatic heterocycles. The predicted molar refractivity (Wildman–Crippen MR) is 208 cm³/mol. The molecule has 0 unspecified atom stereocenters.